The zero-order chi connectivity index (χ0) is 12.1. The second-order valence-corrected chi connectivity index (χ2v) is 5.87. The fraction of sp³-hybridized carbons (Fsp3) is 0.533. The maximum absolute atomic E-state index is 4.44. The number of aromatic nitrogens is 2. The van der Waals surface area contributed by atoms with E-state index in [9.17, 15) is 0 Å². The molecule has 0 radical (unpaired) electrons. The molecule has 18 heavy (non-hydrogen) atoms. The summed E-state index contributed by atoms with van der Waals surface area (Å²) in [5.74, 6) is 1.52. The molecule has 3 heteroatoms. The van der Waals surface area contributed by atoms with Gasteiger partial charge in [0.1, 0.15) is 0 Å². The van der Waals surface area contributed by atoms with Crippen LogP contribution in [0.3, 0.4) is 0 Å². The van der Waals surface area contributed by atoms with Crippen LogP contribution in [0.5, 0.6) is 0 Å². The SMILES string of the molecule is CC1C2CCN1CC(c1[nH]nc3ccccc13)C2. The fourth-order valence-electron chi connectivity index (χ4n) is 3.87. The highest BCUT2D eigenvalue weighted by molar-refractivity contribution is 5.81. The predicted octanol–water partition coefficient (Wildman–Crippen LogP) is 2.76. The molecule has 94 valence electrons. The maximum atomic E-state index is 4.44. The summed E-state index contributed by atoms with van der Waals surface area (Å²) < 4.78 is 0. The van der Waals surface area contributed by atoms with E-state index >= 15 is 0 Å². The zero-order valence-electron chi connectivity index (χ0n) is 10.8. The van der Waals surface area contributed by atoms with Crippen LogP contribution in [0.25, 0.3) is 10.9 Å². The van der Waals surface area contributed by atoms with Gasteiger partial charge < -0.3 is 0 Å². The lowest BCUT2D eigenvalue weighted by Gasteiger charge is -2.35. The quantitative estimate of drug-likeness (QED) is 0.832. The Morgan fingerprint density at radius 3 is 3.11 bits per heavy atom. The van der Waals surface area contributed by atoms with Crippen LogP contribution >= 0.6 is 0 Å². The van der Waals surface area contributed by atoms with E-state index in [-0.39, 0.29) is 0 Å². The highest BCUT2D eigenvalue weighted by atomic mass is 15.2. The summed E-state index contributed by atoms with van der Waals surface area (Å²) in [5, 5.41) is 9.05. The summed E-state index contributed by atoms with van der Waals surface area (Å²) in [6, 6.07) is 9.25. The van der Waals surface area contributed by atoms with Gasteiger partial charge in [-0.3, -0.25) is 10.00 Å². The summed E-state index contributed by atoms with van der Waals surface area (Å²) in [4.78, 5) is 2.65. The molecule has 2 saturated heterocycles. The van der Waals surface area contributed by atoms with E-state index < -0.39 is 0 Å². The minimum Gasteiger partial charge on any atom is -0.300 e. The molecule has 2 aliphatic rings. The van der Waals surface area contributed by atoms with Crippen molar-refractivity contribution in [2.45, 2.75) is 31.7 Å². The van der Waals surface area contributed by atoms with Gasteiger partial charge in [0.25, 0.3) is 0 Å². The van der Waals surface area contributed by atoms with Gasteiger partial charge in [-0.25, -0.2) is 0 Å². The Morgan fingerprint density at radius 1 is 1.33 bits per heavy atom. The number of rotatable bonds is 1. The monoisotopic (exact) mass is 241 g/mol. The van der Waals surface area contributed by atoms with Gasteiger partial charge in [0.15, 0.2) is 0 Å². The Hall–Kier alpha value is -1.35. The van der Waals surface area contributed by atoms with Crippen molar-refractivity contribution in [2.24, 2.45) is 5.92 Å². The number of H-pyrrole nitrogens is 1. The van der Waals surface area contributed by atoms with Crippen LogP contribution in [0.1, 0.15) is 31.4 Å². The van der Waals surface area contributed by atoms with E-state index in [0.717, 1.165) is 17.5 Å². The highest BCUT2D eigenvalue weighted by Gasteiger charge is 2.39. The first-order valence-electron chi connectivity index (χ1n) is 7.00. The van der Waals surface area contributed by atoms with E-state index in [0.29, 0.717) is 5.92 Å². The summed E-state index contributed by atoms with van der Waals surface area (Å²) in [7, 11) is 0. The van der Waals surface area contributed by atoms with Gasteiger partial charge in [-0.1, -0.05) is 18.2 Å². The molecule has 0 saturated carbocycles. The van der Waals surface area contributed by atoms with Crippen molar-refractivity contribution >= 4 is 10.9 Å². The molecular formula is C15H19N3. The van der Waals surface area contributed by atoms with Crippen LogP contribution in [0, 0.1) is 5.92 Å². The predicted molar refractivity (Wildman–Crippen MR) is 72.6 cm³/mol. The topological polar surface area (TPSA) is 31.9 Å². The van der Waals surface area contributed by atoms with Crippen molar-refractivity contribution in [2.75, 3.05) is 13.1 Å². The first kappa shape index (κ1) is 10.6. The highest BCUT2D eigenvalue weighted by Crippen LogP contribution is 2.41. The van der Waals surface area contributed by atoms with Crippen molar-refractivity contribution in [1.29, 1.82) is 0 Å². The lowest BCUT2D eigenvalue weighted by atomic mass is 9.84. The fourth-order valence-corrected chi connectivity index (χ4v) is 3.87. The van der Waals surface area contributed by atoms with Crippen LogP contribution < -0.4 is 0 Å². The number of benzene rings is 1. The molecule has 2 aliphatic heterocycles. The smallest absolute Gasteiger partial charge is 0.0923 e. The van der Waals surface area contributed by atoms with Crippen LogP contribution in [0.15, 0.2) is 24.3 Å². The Bertz CT molecular complexity index is 560. The van der Waals surface area contributed by atoms with Crippen LogP contribution in [-0.2, 0) is 0 Å². The number of hydrogen-bond acceptors (Lipinski definition) is 2. The molecule has 2 fully saturated rings. The average Bonchev–Trinajstić information content (AvgIpc) is 2.88. The normalized spacial score (nSPS) is 35.2. The maximum Gasteiger partial charge on any atom is 0.0923 e. The standard InChI is InChI=1S/C15H19N3/c1-10-11-6-7-18(10)9-12(8-11)15-13-4-2-3-5-14(13)16-17-15/h2-5,10-12H,6-9H2,1H3,(H,16,17). The molecule has 3 nitrogen and oxygen atoms in total. The molecule has 2 aromatic rings. The van der Waals surface area contributed by atoms with Gasteiger partial charge in [-0.2, -0.15) is 5.10 Å². The van der Waals surface area contributed by atoms with Gasteiger partial charge in [0.2, 0.25) is 0 Å². The number of fused-ring (bicyclic) bond motifs is 3. The molecule has 4 rings (SSSR count). The minimum atomic E-state index is 0.640. The largest absolute Gasteiger partial charge is 0.300 e. The lowest BCUT2D eigenvalue weighted by Crippen LogP contribution is -2.39. The van der Waals surface area contributed by atoms with Gasteiger partial charge in [0.05, 0.1) is 5.52 Å². The molecule has 1 N–H and O–H groups in total. The first-order chi connectivity index (χ1) is 8.83. The van der Waals surface area contributed by atoms with E-state index in [1.54, 1.807) is 0 Å². The molecule has 0 aliphatic carbocycles. The Kier molecular flexibility index (Phi) is 2.24. The van der Waals surface area contributed by atoms with E-state index in [2.05, 4.69) is 46.3 Å². The van der Waals surface area contributed by atoms with Gasteiger partial charge >= 0.3 is 0 Å². The number of para-hydroxylation sites is 1. The molecule has 4 atom stereocenters. The van der Waals surface area contributed by atoms with Crippen molar-refractivity contribution in [3.8, 4) is 0 Å². The molecule has 0 amide bonds. The Balaban J connectivity index is 1.72. The molecule has 3 heterocycles. The van der Waals surface area contributed by atoms with Crippen molar-refractivity contribution in [1.82, 2.24) is 15.1 Å². The number of nitrogens with zero attached hydrogens (tertiary/aromatic N) is 2. The summed E-state index contributed by atoms with van der Waals surface area (Å²) in [5.41, 5.74) is 2.46. The van der Waals surface area contributed by atoms with Crippen molar-refractivity contribution in [3.63, 3.8) is 0 Å². The summed E-state index contributed by atoms with van der Waals surface area (Å²) in [6.07, 6.45) is 2.70. The van der Waals surface area contributed by atoms with Crippen molar-refractivity contribution in [3.05, 3.63) is 30.0 Å². The third-order valence-corrected chi connectivity index (χ3v) is 4.99. The molecule has 1 aromatic heterocycles. The summed E-state index contributed by atoms with van der Waals surface area (Å²) >= 11 is 0. The van der Waals surface area contributed by atoms with Gasteiger partial charge in [-0.05, 0) is 38.3 Å². The van der Waals surface area contributed by atoms with Gasteiger partial charge in [0, 0.05) is 29.6 Å². The van der Waals surface area contributed by atoms with Crippen molar-refractivity contribution < 1.29 is 0 Å². The van der Waals surface area contributed by atoms with Crippen LogP contribution in [0.2, 0.25) is 0 Å². The van der Waals surface area contributed by atoms with E-state index in [1.165, 1.54) is 37.0 Å². The van der Waals surface area contributed by atoms with Crippen LogP contribution in [-0.4, -0.2) is 34.2 Å². The molecular weight excluding hydrogens is 222 g/mol. The molecule has 2 bridgehead atoms. The number of nitrogens with one attached hydrogen (secondary N) is 1. The summed E-state index contributed by atoms with van der Waals surface area (Å²) in [6.45, 7) is 4.87. The van der Waals surface area contributed by atoms with Gasteiger partial charge in [-0.15, -0.1) is 0 Å². The first-order valence-corrected chi connectivity index (χ1v) is 7.00. The number of hydrogen-bond donors (Lipinski definition) is 1. The Morgan fingerprint density at radius 2 is 2.22 bits per heavy atom. The molecule has 4 unspecified atom stereocenters. The van der Waals surface area contributed by atoms with E-state index in [1.807, 2.05) is 0 Å². The average molecular weight is 241 g/mol. The zero-order valence-corrected chi connectivity index (χ0v) is 10.8. The second kappa shape index (κ2) is 3.82. The number of piperidine rings is 1. The lowest BCUT2D eigenvalue weighted by molar-refractivity contribution is 0.170. The molecule has 0 spiro atoms. The second-order valence-electron chi connectivity index (χ2n) is 5.87. The minimum absolute atomic E-state index is 0.640. The van der Waals surface area contributed by atoms with E-state index in [4.69, 9.17) is 0 Å². The molecule has 1 aromatic carbocycles. The Labute approximate surface area is 107 Å². The van der Waals surface area contributed by atoms with Crippen LogP contribution in [0.4, 0.5) is 0 Å². The third kappa shape index (κ3) is 1.43. The third-order valence-electron chi connectivity index (χ3n) is 4.99. The number of aromatic amines is 1.